The summed E-state index contributed by atoms with van der Waals surface area (Å²) in [6.07, 6.45) is 0. The van der Waals surface area contributed by atoms with Crippen molar-refractivity contribution in [3.8, 4) is 5.75 Å². The molecule has 1 N–H and O–H groups in total. The number of methoxy groups -OCH3 is 1. The first kappa shape index (κ1) is 21.3. The van der Waals surface area contributed by atoms with Crippen molar-refractivity contribution in [2.45, 2.75) is 6.92 Å². The third-order valence-electron chi connectivity index (χ3n) is 4.48. The van der Waals surface area contributed by atoms with E-state index in [-0.39, 0.29) is 23.1 Å². The van der Waals surface area contributed by atoms with Crippen LogP contribution in [0, 0.1) is 6.92 Å². The zero-order valence-electron chi connectivity index (χ0n) is 17.1. The fourth-order valence-electron chi connectivity index (χ4n) is 2.93. The van der Waals surface area contributed by atoms with Crippen molar-refractivity contribution in [3.05, 3.63) is 58.5 Å². The maximum atomic E-state index is 12.5. The van der Waals surface area contributed by atoms with Gasteiger partial charge in [-0.05, 0) is 35.4 Å². The molecule has 156 valence electrons. The molecule has 0 bridgehead atoms. The maximum absolute atomic E-state index is 12.5. The van der Waals surface area contributed by atoms with Crippen molar-refractivity contribution in [1.82, 2.24) is 4.90 Å². The van der Waals surface area contributed by atoms with E-state index in [4.69, 9.17) is 9.47 Å². The molecule has 8 heteroatoms. The van der Waals surface area contributed by atoms with Gasteiger partial charge in [0.05, 0.1) is 17.6 Å². The lowest BCUT2D eigenvalue weighted by molar-refractivity contribution is -0.118. The predicted octanol–water partition coefficient (Wildman–Crippen LogP) is 3.72. The number of rotatable bonds is 6. The second kappa shape index (κ2) is 8.96. The zero-order chi connectivity index (χ0) is 21.8. The lowest BCUT2D eigenvalue weighted by Gasteiger charge is -2.09. The highest BCUT2D eigenvalue weighted by Gasteiger charge is 2.27. The second-order valence-electron chi connectivity index (χ2n) is 6.80. The third-order valence-corrected chi connectivity index (χ3v) is 5.68. The van der Waals surface area contributed by atoms with E-state index in [0.29, 0.717) is 16.2 Å². The summed E-state index contributed by atoms with van der Waals surface area (Å²) >= 11 is 1.04. The minimum Gasteiger partial charge on any atom is -0.484 e. The number of nitrogens with one attached hydrogen (secondary N) is 1. The van der Waals surface area contributed by atoms with E-state index in [1.54, 1.807) is 27.1 Å². The van der Waals surface area contributed by atoms with E-state index in [2.05, 4.69) is 5.32 Å². The minimum absolute atomic E-state index is 0.173. The molecule has 3 aromatic rings. The van der Waals surface area contributed by atoms with Gasteiger partial charge in [0.2, 0.25) is 0 Å². The highest BCUT2D eigenvalue weighted by atomic mass is 32.1. The molecule has 0 saturated heterocycles. The van der Waals surface area contributed by atoms with Crippen LogP contribution in [0.5, 0.6) is 5.75 Å². The van der Waals surface area contributed by atoms with Gasteiger partial charge in [-0.15, -0.1) is 11.3 Å². The molecule has 2 aromatic carbocycles. The quantitative estimate of drug-likeness (QED) is 0.608. The Morgan fingerprint density at radius 3 is 2.43 bits per heavy atom. The number of thiophene rings is 1. The summed E-state index contributed by atoms with van der Waals surface area (Å²) in [5, 5.41) is 5.01. The Bertz CT molecular complexity index is 1120. The van der Waals surface area contributed by atoms with Gasteiger partial charge in [-0.2, -0.15) is 0 Å². The Balaban J connectivity index is 1.77. The number of esters is 1. The maximum Gasteiger partial charge on any atom is 0.341 e. The van der Waals surface area contributed by atoms with Gasteiger partial charge in [0.25, 0.3) is 11.8 Å². The highest BCUT2D eigenvalue weighted by Crippen LogP contribution is 2.34. The molecule has 0 aliphatic carbocycles. The number of hydrogen-bond donors (Lipinski definition) is 1. The number of nitrogens with zero attached hydrogens (tertiary/aromatic N) is 1. The molecule has 1 heterocycles. The van der Waals surface area contributed by atoms with Crippen LogP contribution in [0.2, 0.25) is 0 Å². The summed E-state index contributed by atoms with van der Waals surface area (Å²) in [5.74, 6) is -0.760. The average Bonchev–Trinajstić information content (AvgIpc) is 3.06. The van der Waals surface area contributed by atoms with E-state index in [1.807, 2.05) is 36.4 Å². The number of fused-ring (bicyclic) bond motifs is 1. The number of carbonyl (C=O) groups is 3. The van der Waals surface area contributed by atoms with Crippen molar-refractivity contribution < 1.29 is 23.9 Å². The van der Waals surface area contributed by atoms with Crippen LogP contribution in [0.4, 0.5) is 5.00 Å². The van der Waals surface area contributed by atoms with E-state index in [1.165, 1.54) is 12.0 Å². The van der Waals surface area contributed by atoms with Crippen molar-refractivity contribution in [2.24, 2.45) is 0 Å². The smallest absolute Gasteiger partial charge is 0.341 e. The van der Waals surface area contributed by atoms with E-state index < -0.39 is 11.9 Å². The Labute approximate surface area is 178 Å². The Hall–Kier alpha value is -3.39. The molecule has 0 unspecified atom stereocenters. The first-order valence-corrected chi connectivity index (χ1v) is 9.98. The van der Waals surface area contributed by atoms with Gasteiger partial charge >= 0.3 is 5.97 Å². The van der Waals surface area contributed by atoms with Gasteiger partial charge in [0.15, 0.2) is 6.61 Å². The third kappa shape index (κ3) is 4.44. The van der Waals surface area contributed by atoms with Crippen LogP contribution in [-0.4, -0.2) is 50.5 Å². The summed E-state index contributed by atoms with van der Waals surface area (Å²) in [6, 6.07) is 13.4. The predicted molar refractivity (Wildman–Crippen MR) is 116 cm³/mol. The summed E-state index contributed by atoms with van der Waals surface area (Å²) in [6.45, 7) is 1.41. The SMILES string of the molecule is COC(=O)c1c(NC(=O)COc2ccc3ccccc3c2)sc(C(=O)N(C)C)c1C. The molecule has 1 aromatic heterocycles. The molecule has 0 radical (unpaired) electrons. The topological polar surface area (TPSA) is 84.9 Å². The standard InChI is InChI=1S/C22H22N2O5S/c1-13-18(22(27)28-4)20(30-19(13)21(26)24(2)3)23-17(25)12-29-16-10-9-14-7-5-6-8-15(14)11-16/h5-11H,12H2,1-4H3,(H,23,25). The summed E-state index contributed by atoms with van der Waals surface area (Å²) in [5.41, 5.74) is 0.642. The van der Waals surface area contributed by atoms with Crippen molar-refractivity contribution in [3.63, 3.8) is 0 Å². The molecule has 7 nitrogen and oxygen atoms in total. The largest absolute Gasteiger partial charge is 0.484 e. The number of hydrogen-bond acceptors (Lipinski definition) is 6. The molecular formula is C22H22N2O5S. The van der Waals surface area contributed by atoms with Crippen LogP contribution in [0.15, 0.2) is 42.5 Å². The molecule has 3 rings (SSSR count). The van der Waals surface area contributed by atoms with Gasteiger partial charge in [-0.3, -0.25) is 9.59 Å². The molecule has 30 heavy (non-hydrogen) atoms. The molecule has 0 aliphatic heterocycles. The van der Waals surface area contributed by atoms with Crippen LogP contribution in [0.25, 0.3) is 10.8 Å². The number of anilines is 1. The van der Waals surface area contributed by atoms with Crippen molar-refractivity contribution in [2.75, 3.05) is 33.1 Å². The molecule has 2 amide bonds. The van der Waals surface area contributed by atoms with Gasteiger partial charge in [0, 0.05) is 14.1 Å². The highest BCUT2D eigenvalue weighted by molar-refractivity contribution is 7.18. The van der Waals surface area contributed by atoms with E-state index in [9.17, 15) is 14.4 Å². The molecule has 0 saturated carbocycles. The van der Waals surface area contributed by atoms with Crippen LogP contribution in [-0.2, 0) is 9.53 Å². The van der Waals surface area contributed by atoms with Crippen molar-refractivity contribution >= 4 is 44.9 Å². The number of amides is 2. The first-order chi connectivity index (χ1) is 14.3. The Morgan fingerprint density at radius 1 is 1.07 bits per heavy atom. The number of benzene rings is 2. The van der Waals surface area contributed by atoms with Crippen LogP contribution in [0.3, 0.4) is 0 Å². The van der Waals surface area contributed by atoms with Gasteiger partial charge in [-0.1, -0.05) is 30.3 Å². The normalized spacial score (nSPS) is 10.5. The lowest BCUT2D eigenvalue weighted by Crippen LogP contribution is -2.21. The zero-order valence-corrected chi connectivity index (χ0v) is 18.0. The van der Waals surface area contributed by atoms with Crippen LogP contribution < -0.4 is 10.1 Å². The number of ether oxygens (including phenoxy) is 2. The fourth-order valence-corrected chi connectivity index (χ4v) is 4.16. The monoisotopic (exact) mass is 426 g/mol. The molecule has 0 spiro atoms. The van der Waals surface area contributed by atoms with E-state index in [0.717, 1.165) is 22.1 Å². The summed E-state index contributed by atoms with van der Waals surface area (Å²) < 4.78 is 10.4. The summed E-state index contributed by atoms with van der Waals surface area (Å²) in [7, 11) is 4.49. The molecular weight excluding hydrogens is 404 g/mol. The fraction of sp³-hybridized carbons (Fsp3) is 0.227. The second-order valence-corrected chi connectivity index (χ2v) is 7.82. The summed E-state index contributed by atoms with van der Waals surface area (Å²) in [4.78, 5) is 38.9. The van der Waals surface area contributed by atoms with E-state index >= 15 is 0 Å². The van der Waals surface area contributed by atoms with Gasteiger partial charge in [0.1, 0.15) is 10.8 Å². The van der Waals surface area contributed by atoms with Crippen LogP contribution >= 0.6 is 11.3 Å². The lowest BCUT2D eigenvalue weighted by atomic mass is 10.1. The molecule has 0 fully saturated rings. The van der Waals surface area contributed by atoms with Crippen LogP contribution in [0.1, 0.15) is 25.6 Å². The number of carbonyl (C=O) groups excluding carboxylic acids is 3. The molecule has 0 atom stereocenters. The Kier molecular flexibility index (Phi) is 6.37. The Morgan fingerprint density at radius 2 is 1.77 bits per heavy atom. The van der Waals surface area contributed by atoms with Gasteiger partial charge < -0.3 is 19.7 Å². The van der Waals surface area contributed by atoms with Crippen molar-refractivity contribution in [1.29, 1.82) is 0 Å². The van der Waals surface area contributed by atoms with Gasteiger partial charge in [-0.25, -0.2) is 4.79 Å². The molecule has 0 aliphatic rings. The average molecular weight is 426 g/mol. The first-order valence-electron chi connectivity index (χ1n) is 9.16. The minimum atomic E-state index is -0.618.